The lowest BCUT2D eigenvalue weighted by Crippen LogP contribution is -2.45. The molecule has 1 unspecified atom stereocenters. The molecule has 72 valence electrons. The van der Waals surface area contributed by atoms with Crippen molar-refractivity contribution in [2.45, 2.75) is 25.4 Å². The zero-order valence-electron chi connectivity index (χ0n) is 8.41. The van der Waals surface area contributed by atoms with Crippen molar-refractivity contribution in [3.63, 3.8) is 0 Å². The molecule has 1 atom stereocenters. The molecule has 0 aromatic carbocycles. The van der Waals surface area contributed by atoms with E-state index in [0.717, 1.165) is 5.56 Å². The molecule has 3 heteroatoms. The van der Waals surface area contributed by atoms with Gasteiger partial charge < -0.3 is 11.1 Å². The summed E-state index contributed by atoms with van der Waals surface area (Å²) < 4.78 is 0. The van der Waals surface area contributed by atoms with Crippen molar-refractivity contribution in [2.24, 2.45) is 5.73 Å². The Morgan fingerprint density at radius 3 is 2.62 bits per heavy atom. The Hall–Kier alpha value is -0.930. The Morgan fingerprint density at radius 2 is 2.23 bits per heavy atom. The monoisotopic (exact) mass is 179 g/mol. The molecule has 0 aliphatic carbocycles. The van der Waals surface area contributed by atoms with E-state index in [9.17, 15) is 0 Å². The zero-order chi connectivity index (χ0) is 9.90. The second-order valence-electron chi connectivity index (χ2n) is 3.83. The first-order valence-corrected chi connectivity index (χ1v) is 4.42. The fourth-order valence-electron chi connectivity index (χ4n) is 1.51. The van der Waals surface area contributed by atoms with E-state index in [1.807, 2.05) is 39.2 Å². The zero-order valence-corrected chi connectivity index (χ0v) is 8.41. The van der Waals surface area contributed by atoms with Crippen LogP contribution in [0, 0.1) is 0 Å². The van der Waals surface area contributed by atoms with Gasteiger partial charge in [-0.2, -0.15) is 0 Å². The van der Waals surface area contributed by atoms with Crippen LogP contribution in [-0.4, -0.2) is 17.6 Å². The number of hydrogen-bond donors (Lipinski definition) is 2. The summed E-state index contributed by atoms with van der Waals surface area (Å²) >= 11 is 0. The van der Waals surface area contributed by atoms with Crippen LogP contribution in [0.2, 0.25) is 0 Å². The molecule has 0 fully saturated rings. The van der Waals surface area contributed by atoms with Gasteiger partial charge in [-0.05, 0) is 32.5 Å². The van der Waals surface area contributed by atoms with Gasteiger partial charge in [0.1, 0.15) is 0 Å². The number of pyridine rings is 1. The average molecular weight is 179 g/mol. The molecule has 0 amide bonds. The van der Waals surface area contributed by atoms with Crippen molar-refractivity contribution in [2.75, 3.05) is 7.05 Å². The second-order valence-corrected chi connectivity index (χ2v) is 3.83. The normalized spacial score (nSPS) is 14.2. The highest BCUT2D eigenvalue weighted by Gasteiger charge is 2.24. The molecule has 1 aromatic heterocycles. The van der Waals surface area contributed by atoms with Crippen LogP contribution in [0.15, 0.2) is 24.5 Å². The maximum Gasteiger partial charge on any atom is 0.0510 e. The van der Waals surface area contributed by atoms with Gasteiger partial charge in [-0.3, -0.25) is 4.98 Å². The van der Waals surface area contributed by atoms with Gasteiger partial charge in [0.2, 0.25) is 0 Å². The molecule has 1 rings (SSSR count). The number of hydrogen-bond acceptors (Lipinski definition) is 3. The molecule has 0 saturated heterocycles. The molecular weight excluding hydrogens is 162 g/mol. The lowest BCUT2D eigenvalue weighted by molar-refractivity contribution is 0.369. The molecule has 0 aliphatic rings. The molecule has 0 aliphatic heterocycles. The minimum atomic E-state index is -0.280. The molecule has 1 aromatic rings. The smallest absolute Gasteiger partial charge is 0.0510 e. The molecular formula is C10H17N3. The predicted molar refractivity (Wildman–Crippen MR) is 54.3 cm³/mol. The number of nitrogens with two attached hydrogens (primary N) is 1. The predicted octanol–water partition coefficient (Wildman–Crippen LogP) is 1.08. The first-order chi connectivity index (χ1) is 6.05. The minimum Gasteiger partial charge on any atom is -0.324 e. The maximum absolute atomic E-state index is 6.03. The van der Waals surface area contributed by atoms with Crippen LogP contribution in [0.25, 0.3) is 0 Å². The van der Waals surface area contributed by atoms with Crippen molar-refractivity contribution in [1.29, 1.82) is 0 Å². The summed E-state index contributed by atoms with van der Waals surface area (Å²) in [6, 6.07) is 4.09. The highest BCUT2D eigenvalue weighted by atomic mass is 15.0. The van der Waals surface area contributed by atoms with Gasteiger partial charge in [-0.15, -0.1) is 0 Å². The lowest BCUT2D eigenvalue weighted by atomic mass is 9.91. The van der Waals surface area contributed by atoms with E-state index in [0.29, 0.717) is 0 Å². The van der Waals surface area contributed by atoms with Crippen LogP contribution in [0.1, 0.15) is 25.5 Å². The first-order valence-electron chi connectivity index (χ1n) is 4.42. The largest absolute Gasteiger partial charge is 0.324 e. The second kappa shape index (κ2) is 3.85. The van der Waals surface area contributed by atoms with Crippen LogP contribution in [0.3, 0.4) is 0 Å². The van der Waals surface area contributed by atoms with Gasteiger partial charge in [-0.1, -0.05) is 6.07 Å². The fourth-order valence-corrected chi connectivity index (χ4v) is 1.51. The summed E-state index contributed by atoms with van der Waals surface area (Å²) in [5.41, 5.74) is 6.87. The highest BCUT2D eigenvalue weighted by molar-refractivity contribution is 5.17. The Balaban J connectivity index is 2.92. The summed E-state index contributed by atoms with van der Waals surface area (Å²) in [7, 11) is 1.91. The summed E-state index contributed by atoms with van der Waals surface area (Å²) in [5.74, 6) is 0. The third kappa shape index (κ3) is 2.50. The number of aromatic nitrogens is 1. The lowest BCUT2D eigenvalue weighted by Gasteiger charge is -2.30. The van der Waals surface area contributed by atoms with Gasteiger partial charge in [0.05, 0.1) is 6.04 Å². The Morgan fingerprint density at radius 1 is 1.54 bits per heavy atom. The van der Waals surface area contributed by atoms with E-state index in [-0.39, 0.29) is 11.6 Å². The van der Waals surface area contributed by atoms with Crippen molar-refractivity contribution in [3.8, 4) is 0 Å². The van der Waals surface area contributed by atoms with Gasteiger partial charge in [0.25, 0.3) is 0 Å². The Bertz CT molecular complexity index is 251. The summed E-state index contributed by atoms with van der Waals surface area (Å²) in [4.78, 5) is 4.07. The standard InChI is InChI=1S/C10H17N3/c1-10(2,11)9(12-3)8-5-4-6-13-7-8/h4-7,9,12H,11H2,1-3H3. The fraction of sp³-hybridized carbons (Fsp3) is 0.500. The average Bonchev–Trinajstić information content (AvgIpc) is 2.05. The topological polar surface area (TPSA) is 50.9 Å². The van der Waals surface area contributed by atoms with Crippen LogP contribution < -0.4 is 11.1 Å². The number of rotatable bonds is 3. The molecule has 3 nitrogen and oxygen atoms in total. The molecule has 1 heterocycles. The summed E-state index contributed by atoms with van der Waals surface area (Å²) in [6.45, 7) is 4.00. The van der Waals surface area contributed by atoms with Gasteiger partial charge in [0, 0.05) is 17.9 Å². The number of nitrogens with zero attached hydrogens (tertiary/aromatic N) is 1. The maximum atomic E-state index is 6.03. The van der Waals surface area contributed by atoms with Crippen LogP contribution in [0.4, 0.5) is 0 Å². The van der Waals surface area contributed by atoms with Gasteiger partial charge >= 0.3 is 0 Å². The van der Waals surface area contributed by atoms with E-state index in [4.69, 9.17) is 5.73 Å². The quantitative estimate of drug-likeness (QED) is 0.730. The number of nitrogens with one attached hydrogen (secondary N) is 1. The Kier molecular flexibility index (Phi) is 3.01. The molecule has 0 spiro atoms. The van der Waals surface area contributed by atoms with Crippen molar-refractivity contribution >= 4 is 0 Å². The van der Waals surface area contributed by atoms with Crippen molar-refractivity contribution in [3.05, 3.63) is 30.1 Å². The van der Waals surface area contributed by atoms with E-state index in [1.165, 1.54) is 0 Å². The van der Waals surface area contributed by atoms with E-state index >= 15 is 0 Å². The third-order valence-corrected chi connectivity index (χ3v) is 2.05. The van der Waals surface area contributed by atoms with Gasteiger partial charge in [-0.25, -0.2) is 0 Å². The highest BCUT2D eigenvalue weighted by Crippen LogP contribution is 2.21. The van der Waals surface area contributed by atoms with E-state index in [1.54, 1.807) is 6.20 Å². The van der Waals surface area contributed by atoms with Crippen molar-refractivity contribution in [1.82, 2.24) is 10.3 Å². The molecule has 0 bridgehead atoms. The SMILES string of the molecule is CNC(c1cccnc1)C(C)(C)N. The molecule has 0 radical (unpaired) electrons. The van der Waals surface area contributed by atoms with Gasteiger partial charge in [0.15, 0.2) is 0 Å². The van der Waals surface area contributed by atoms with Crippen molar-refractivity contribution < 1.29 is 0 Å². The summed E-state index contributed by atoms with van der Waals surface area (Å²) in [5, 5.41) is 3.19. The Labute approximate surface area is 79.4 Å². The summed E-state index contributed by atoms with van der Waals surface area (Å²) in [6.07, 6.45) is 3.61. The molecule has 13 heavy (non-hydrogen) atoms. The van der Waals surface area contributed by atoms with Crippen LogP contribution in [0.5, 0.6) is 0 Å². The van der Waals surface area contributed by atoms with Crippen LogP contribution >= 0.6 is 0 Å². The molecule has 0 saturated carbocycles. The van der Waals surface area contributed by atoms with Crippen LogP contribution in [-0.2, 0) is 0 Å². The minimum absolute atomic E-state index is 0.140. The third-order valence-electron chi connectivity index (χ3n) is 2.05. The van der Waals surface area contributed by atoms with E-state index < -0.39 is 0 Å². The first kappa shape index (κ1) is 10.2. The molecule has 3 N–H and O–H groups in total. The number of likely N-dealkylation sites (N-methyl/N-ethyl adjacent to an activating group) is 1. The van der Waals surface area contributed by atoms with E-state index in [2.05, 4.69) is 10.3 Å².